The summed E-state index contributed by atoms with van der Waals surface area (Å²) in [5.41, 5.74) is -0.248. The van der Waals surface area contributed by atoms with Crippen LogP contribution in [0.4, 0.5) is 19.0 Å². The maximum absolute atomic E-state index is 15.0. The molecule has 0 saturated carbocycles. The van der Waals surface area contributed by atoms with E-state index in [1.54, 1.807) is 4.90 Å². The Kier molecular flexibility index (Phi) is 5.35. The highest BCUT2D eigenvalue weighted by Crippen LogP contribution is 2.34. The second kappa shape index (κ2) is 7.69. The van der Waals surface area contributed by atoms with Crippen molar-refractivity contribution in [1.29, 1.82) is 0 Å². The van der Waals surface area contributed by atoms with Crippen molar-refractivity contribution in [2.45, 2.75) is 19.5 Å². The quantitative estimate of drug-likeness (QED) is 0.393. The highest BCUT2D eigenvalue weighted by atomic mass is 79.9. The molecule has 0 bridgehead atoms. The zero-order valence-electron chi connectivity index (χ0n) is 15.9. The van der Waals surface area contributed by atoms with Crippen LogP contribution in [0, 0.1) is 17.5 Å². The number of rotatable bonds is 2. The van der Waals surface area contributed by atoms with Gasteiger partial charge in [-0.2, -0.15) is 10.1 Å². The van der Waals surface area contributed by atoms with Crippen molar-refractivity contribution in [2.75, 3.05) is 25.5 Å². The van der Waals surface area contributed by atoms with E-state index in [4.69, 9.17) is 11.6 Å². The van der Waals surface area contributed by atoms with Gasteiger partial charge in [0.2, 0.25) is 5.28 Å². The Balaban J connectivity index is 1.84. The molecule has 0 spiro atoms. The van der Waals surface area contributed by atoms with Crippen LogP contribution in [-0.4, -0.2) is 51.2 Å². The Labute approximate surface area is 182 Å². The fourth-order valence-corrected chi connectivity index (χ4v) is 3.85. The number of aryl methyl sites for hydroxylation is 1. The molecular formula is C18H15BrClF3N6O. The number of carbonyl (C=O) groups excluding carboxylic acids is 1. The first-order valence-corrected chi connectivity index (χ1v) is 10.1. The van der Waals surface area contributed by atoms with Gasteiger partial charge in [-0.25, -0.2) is 18.2 Å². The van der Waals surface area contributed by atoms with Crippen molar-refractivity contribution in [2.24, 2.45) is 0 Å². The van der Waals surface area contributed by atoms with E-state index in [-0.39, 0.29) is 44.4 Å². The van der Waals surface area contributed by atoms with Gasteiger partial charge >= 0.3 is 0 Å². The van der Waals surface area contributed by atoms with E-state index in [0.29, 0.717) is 19.5 Å². The SMILES string of the molecule is CN(C)C(=O)c1nn2c(c1F)CN(c1nc(Cl)nc3c(F)c(Br)c(F)cc13)CCC2. The van der Waals surface area contributed by atoms with E-state index < -0.39 is 23.4 Å². The zero-order chi connectivity index (χ0) is 21.7. The molecular weight excluding hydrogens is 489 g/mol. The third-order valence-electron chi connectivity index (χ3n) is 4.82. The van der Waals surface area contributed by atoms with E-state index in [1.807, 2.05) is 0 Å². The Bertz CT molecular complexity index is 1180. The predicted molar refractivity (Wildman–Crippen MR) is 108 cm³/mol. The maximum Gasteiger partial charge on any atom is 0.276 e. The lowest BCUT2D eigenvalue weighted by atomic mass is 10.2. The van der Waals surface area contributed by atoms with Crippen LogP contribution in [0.5, 0.6) is 0 Å². The molecule has 0 N–H and O–H groups in total. The van der Waals surface area contributed by atoms with E-state index >= 15 is 4.39 Å². The summed E-state index contributed by atoms with van der Waals surface area (Å²) < 4.78 is 44.9. The number of carbonyl (C=O) groups is 1. The Morgan fingerprint density at radius 2 is 1.93 bits per heavy atom. The van der Waals surface area contributed by atoms with Crippen molar-refractivity contribution in [3.8, 4) is 0 Å². The van der Waals surface area contributed by atoms with Gasteiger partial charge in [-0.1, -0.05) is 0 Å². The van der Waals surface area contributed by atoms with Crippen LogP contribution in [-0.2, 0) is 13.1 Å². The second-order valence-corrected chi connectivity index (χ2v) is 8.14. The summed E-state index contributed by atoms with van der Waals surface area (Å²) in [5.74, 6) is -2.84. The topological polar surface area (TPSA) is 67.2 Å². The van der Waals surface area contributed by atoms with Crippen LogP contribution in [0.1, 0.15) is 22.6 Å². The van der Waals surface area contributed by atoms with Gasteiger partial charge in [-0.15, -0.1) is 0 Å². The Morgan fingerprint density at radius 1 is 1.20 bits per heavy atom. The summed E-state index contributed by atoms with van der Waals surface area (Å²) in [6, 6.07) is 1.10. The van der Waals surface area contributed by atoms with Crippen molar-refractivity contribution in [1.82, 2.24) is 24.6 Å². The largest absolute Gasteiger partial charge is 0.350 e. The normalized spacial score (nSPS) is 14.0. The zero-order valence-corrected chi connectivity index (χ0v) is 18.2. The number of benzene rings is 1. The van der Waals surface area contributed by atoms with Gasteiger partial charge in [0, 0.05) is 32.6 Å². The summed E-state index contributed by atoms with van der Waals surface area (Å²) in [6.45, 7) is 0.761. The van der Waals surface area contributed by atoms with Crippen LogP contribution in [0.25, 0.3) is 10.9 Å². The van der Waals surface area contributed by atoms with Crippen LogP contribution < -0.4 is 4.90 Å². The number of hydrogen-bond acceptors (Lipinski definition) is 5. The first-order chi connectivity index (χ1) is 14.2. The van der Waals surface area contributed by atoms with Gasteiger partial charge in [0.25, 0.3) is 5.91 Å². The fourth-order valence-electron chi connectivity index (χ4n) is 3.38. The summed E-state index contributed by atoms with van der Waals surface area (Å²) in [7, 11) is 3.02. The van der Waals surface area contributed by atoms with Crippen LogP contribution in [0.15, 0.2) is 10.5 Å². The molecule has 3 heterocycles. The molecule has 0 atom stereocenters. The van der Waals surface area contributed by atoms with Crippen LogP contribution >= 0.6 is 27.5 Å². The number of nitrogens with zero attached hydrogens (tertiary/aromatic N) is 6. The van der Waals surface area contributed by atoms with Gasteiger partial charge in [0.1, 0.15) is 17.2 Å². The minimum absolute atomic E-state index is 0.0126. The molecule has 1 amide bonds. The van der Waals surface area contributed by atoms with Gasteiger partial charge in [0.15, 0.2) is 17.3 Å². The Hall–Kier alpha value is -2.40. The molecule has 1 aliphatic heterocycles. The van der Waals surface area contributed by atoms with Crippen molar-refractivity contribution >= 4 is 50.2 Å². The molecule has 1 aromatic carbocycles. The molecule has 12 heteroatoms. The first kappa shape index (κ1) is 20.9. The second-order valence-electron chi connectivity index (χ2n) is 7.01. The lowest BCUT2D eigenvalue weighted by Gasteiger charge is -2.23. The molecule has 2 aromatic heterocycles. The van der Waals surface area contributed by atoms with Crippen molar-refractivity contribution in [3.05, 3.63) is 44.7 Å². The van der Waals surface area contributed by atoms with Crippen molar-refractivity contribution in [3.63, 3.8) is 0 Å². The standard InChI is InChI=1S/C18H15BrClF3N6O/c1-27(2)17(30)15-12(22)10-7-28(4-3-5-29(10)26-15)16-8-6-9(21)11(19)13(23)14(8)24-18(20)25-16/h6H,3-5,7H2,1-2H3. The van der Waals surface area contributed by atoms with Gasteiger partial charge in [-0.3, -0.25) is 9.48 Å². The number of aromatic nitrogens is 4. The van der Waals surface area contributed by atoms with E-state index in [9.17, 15) is 13.6 Å². The molecule has 1 aliphatic rings. The van der Waals surface area contributed by atoms with Gasteiger partial charge in [0.05, 0.1) is 16.7 Å². The molecule has 0 unspecified atom stereocenters. The number of fused-ring (bicyclic) bond motifs is 2. The molecule has 0 fully saturated rings. The van der Waals surface area contributed by atoms with E-state index in [0.717, 1.165) is 6.07 Å². The average molecular weight is 504 g/mol. The third-order valence-corrected chi connectivity index (χ3v) is 5.72. The van der Waals surface area contributed by atoms with Crippen molar-refractivity contribution < 1.29 is 18.0 Å². The highest BCUT2D eigenvalue weighted by Gasteiger charge is 2.29. The minimum Gasteiger partial charge on any atom is -0.350 e. The number of amides is 1. The molecule has 3 aromatic rings. The third kappa shape index (κ3) is 3.39. The van der Waals surface area contributed by atoms with E-state index in [2.05, 4.69) is 31.0 Å². The lowest BCUT2D eigenvalue weighted by molar-refractivity contribution is 0.0816. The summed E-state index contributed by atoms with van der Waals surface area (Å²) in [4.78, 5) is 23.1. The average Bonchev–Trinajstić information content (AvgIpc) is 2.87. The van der Waals surface area contributed by atoms with Crippen LogP contribution in [0.3, 0.4) is 0 Å². The number of halogens is 5. The smallest absolute Gasteiger partial charge is 0.276 e. The summed E-state index contributed by atoms with van der Waals surface area (Å²) >= 11 is 8.85. The number of hydrogen-bond donors (Lipinski definition) is 0. The first-order valence-electron chi connectivity index (χ1n) is 8.91. The molecule has 158 valence electrons. The fraction of sp³-hybridized carbons (Fsp3) is 0.333. The molecule has 7 nitrogen and oxygen atoms in total. The molecule has 0 saturated heterocycles. The molecule has 0 aliphatic carbocycles. The monoisotopic (exact) mass is 502 g/mol. The van der Waals surface area contributed by atoms with Gasteiger partial charge < -0.3 is 9.80 Å². The lowest BCUT2D eigenvalue weighted by Crippen LogP contribution is -2.25. The summed E-state index contributed by atoms with van der Waals surface area (Å²) in [5, 5.41) is 4.00. The molecule has 4 rings (SSSR count). The van der Waals surface area contributed by atoms with E-state index in [1.165, 1.54) is 23.7 Å². The molecule has 0 radical (unpaired) electrons. The maximum atomic E-state index is 15.0. The highest BCUT2D eigenvalue weighted by molar-refractivity contribution is 9.10. The molecule has 30 heavy (non-hydrogen) atoms. The minimum atomic E-state index is -0.902. The predicted octanol–water partition coefficient (Wildman–Crippen LogP) is 3.77. The number of anilines is 1. The summed E-state index contributed by atoms with van der Waals surface area (Å²) in [6.07, 6.45) is 0.536. The van der Waals surface area contributed by atoms with Crippen LogP contribution in [0.2, 0.25) is 5.28 Å². The Morgan fingerprint density at radius 3 is 2.63 bits per heavy atom. The van der Waals surface area contributed by atoms with Gasteiger partial charge in [-0.05, 0) is 40.0 Å².